The fraction of sp³-hybridized carbons (Fsp3) is 0.357. The summed E-state index contributed by atoms with van der Waals surface area (Å²) in [5, 5.41) is 11.8. The van der Waals surface area contributed by atoms with Gasteiger partial charge in [0, 0.05) is 34.7 Å². The first kappa shape index (κ1) is 25.1. The minimum atomic E-state index is -0.165. The summed E-state index contributed by atoms with van der Waals surface area (Å²) in [5.74, 6) is 0.571. The fourth-order valence-electron chi connectivity index (χ4n) is 5.01. The number of aryl methyl sites for hydroxylation is 1. The number of nitrogens with one attached hydrogen (secondary N) is 2. The number of carbonyl (C=O) groups excluding carboxylic acids is 1. The number of pyridine rings is 1. The summed E-state index contributed by atoms with van der Waals surface area (Å²) >= 11 is 1.13. The lowest BCUT2D eigenvalue weighted by Gasteiger charge is -2.37. The smallest absolute Gasteiger partial charge is 0.322 e. The molecule has 192 valence electrons. The van der Waals surface area contributed by atoms with Crippen molar-refractivity contribution in [1.29, 1.82) is 0 Å². The molecule has 0 aliphatic carbocycles. The van der Waals surface area contributed by atoms with Gasteiger partial charge in [-0.15, -0.1) is 0 Å². The number of piperidine rings is 1. The van der Waals surface area contributed by atoms with Crippen LogP contribution in [0.1, 0.15) is 52.3 Å². The van der Waals surface area contributed by atoms with Gasteiger partial charge in [-0.25, -0.2) is 5.10 Å². The van der Waals surface area contributed by atoms with E-state index < -0.39 is 0 Å². The Morgan fingerprint density at radius 2 is 2.03 bits per heavy atom. The molecule has 9 heteroatoms. The Morgan fingerprint density at radius 3 is 2.78 bits per heavy atom. The van der Waals surface area contributed by atoms with E-state index in [-0.39, 0.29) is 22.7 Å². The van der Waals surface area contributed by atoms with E-state index in [1.54, 1.807) is 12.1 Å². The van der Waals surface area contributed by atoms with E-state index in [0.29, 0.717) is 17.9 Å². The van der Waals surface area contributed by atoms with Crippen LogP contribution in [0, 0.1) is 6.92 Å². The van der Waals surface area contributed by atoms with Crippen LogP contribution in [0.5, 0.6) is 5.75 Å². The molecule has 2 atom stereocenters. The van der Waals surface area contributed by atoms with Crippen molar-refractivity contribution in [2.24, 2.45) is 0 Å². The van der Waals surface area contributed by atoms with Crippen molar-refractivity contribution in [2.45, 2.75) is 45.3 Å². The molecule has 2 aromatic carbocycles. The molecule has 3 heterocycles. The molecule has 2 unspecified atom stereocenters. The number of likely N-dealkylation sites (tertiary alicyclic amines) is 1. The molecule has 2 aromatic heterocycles. The number of ether oxygens (including phenoxy) is 1. The third-order valence-corrected chi connectivity index (χ3v) is 7.65. The SMILES string of the molecule is CCCN1CCC(c2n[nH]c(=O)s2)C(NC(=O)c2ccc(OCc3cc(C)nc4ccccc34)cc2)C1. The molecule has 2 N–H and O–H groups in total. The third kappa shape index (κ3) is 5.89. The first-order valence-corrected chi connectivity index (χ1v) is 13.5. The number of nitrogens with zero attached hydrogens (tertiary/aromatic N) is 3. The van der Waals surface area contributed by atoms with Crippen molar-refractivity contribution in [1.82, 2.24) is 25.4 Å². The number of aromatic nitrogens is 3. The summed E-state index contributed by atoms with van der Waals surface area (Å²) in [6, 6.07) is 17.2. The van der Waals surface area contributed by atoms with E-state index >= 15 is 0 Å². The molecule has 37 heavy (non-hydrogen) atoms. The van der Waals surface area contributed by atoms with Gasteiger partial charge in [0.1, 0.15) is 17.4 Å². The molecule has 4 aromatic rings. The second-order valence-corrected chi connectivity index (χ2v) is 10.5. The number of benzene rings is 2. The molecule has 5 rings (SSSR count). The van der Waals surface area contributed by atoms with Gasteiger partial charge in [0.25, 0.3) is 5.91 Å². The normalized spacial score (nSPS) is 18.1. The highest BCUT2D eigenvalue weighted by molar-refractivity contribution is 7.08. The lowest BCUT2D eigenvalue weighted by molar-refractivity contribution is 0.0887. The van der Waals surface area contributed by atoms with Gasteiger partial charge in [-0.05, 0) is 69.3 Å². The molecule has 8 nitrogen and oxygen atoms in total. The van der Waals surface area contributed by atoms with Crippen LogP contribution in [0.25, 0.3) is 10.9 Å². The van der Waals surface area contributed by atoms with E-state index in [2.05, 4.69) is 38.4 Å². The molecule has 0 radical (unpaired) electrons. The van der Waals surface area contributed by atoms with E-state index in [9.17, 15) is 9.59 Å². The number of carbonyl (C=O) groups is 1. The largest absolute Gasteiger partial charge is 0.489 e. The number of fused-ring (bicyclic) bond motifs is 1. The highest BCUT2D eigenvalue weighted by Gasteiger charge is 2.33. The lowest BCUT2D eigenvalue weighted by Crippen LogP contribution is -2.51. The zero-order chi connectivity index (χ0) is 25.8. The molecule has 1 saturated heterocycles. The van der Waals surface area contributed by atoms with Gasteiger partial charge in [-0.3, -0.25) is 14.6 Å². The summed E-state index contributed by atoms with van der Waals surface area (Å²) < 4.78 is 6.05. The van der Waals surface area contributed by atoms with Gasteiger partial charge in [0.2, 0.25) is 0 Å². The van der Waals surface area contributed by atoms with Gasteiger partial charge < -0.3 is 15.0 Å². The lowest BCUT2D eigenvalue weighted by atomic mass is 9.91. The van der Waals surface area contributed by atoms with Gasteiger partial charge in [0.05, 0.1) is 11.6 Å². The van der Waals surface area contributed by atoms with Gasteiger partial charge in [-0.1, -0.05) is 36.5 Å². The first-order chi connectivity index (χ1) is 18.0. The molecular weight excluding hydrogens is 486 g/mol. The minimum Gasteiger partial charge on any atom is -0.489 e. The maximum absolute atomic E-state index is 13.2. The number of hydrogen-bond acceptors (Lipinski definition) is 7. The second-order valence-electron chi connectivity index (χ2n) is 9.48. The Bertz CT molecular complexity index is 1430. The van der Waals surface area contributed by atoms with Crippen LogP contribution in [0.4, 0.5) is 0 Å². The molecule has 1 aliphatic rings. The van der Waals surface area contributed by atoms with Crippen molar-refractivity contribution >= 4 is 28.1 Å². The zero-order valence-corrected chi connectivity index (χ0v) is 21.9. The summed E-state index contributed by atoms with van der Waals surface area (Å²) in [4.78, 5) is 31.6. The summed E-state index contributed by atoms with van der Waals surface area (Å²) in [6.45, 7) is 7.19. The summed E-state index contributed by atoms with van der Waals surface area (Å²) in [7, 11) is 0. The standard InChI is InChI=1S/C28H31N5O3S/c1-3-13-33-14-12-23(27-31-32-28(35)37-27)25(16-33)30-26(34)19-8-10-21(11-9-19)36-17-20-15-18(2)29-24-7-5-4-6-22(20)24/h4-11,15,23,25H,3,12-14,16-17H2,1-2H3,(H,30,34)(H,32,35). The Morgan fingerprint density at radius 1 is 1.22 bits per heavy atom. The second kappa shape index (κ2) is 11.2. The Hall–Kier alpha value is -3.56. The van der Waals surface area contributed by atoms with E-state index in [1.807, 2.05) is 43.3 Å². The van der Waals surface area contributed by atoms with E-state index in [1.165, 1.54) is 0 Å². The Balaban J connectivity index is 1.26. The fourth-order valence-corrected chi connectivity index (χ4v) is 5.82. The third-order valence-electron chi connectivity index (χ3n) is 6.77. The van der Waals surface area contributed by atoms with Crippen molar-refractivity contribution < 1.29 is 9.53 Å². The Labute approximate surface area is 219 Å². The maximum atomic E-state index is 13.2. The van der Waals surface area contributed by atoms with Crippen LogP contribution in [-0.2, 0) is 6.61 Å². The van der Waals surface area contributed by atoms with Gasteiger partial charge >= 0.3 is 4.87 Å². The van der Waals surface area contributed by atoms with Crippen molar-refractivity contribution in [3.8, 4) is 5.75 Å². The number of para-hydroxylation sites is 1. The van der Waals surface area contributed by atoms with Gasteiger partial charge in [0.15, 0.2) is 0 Å². The first-order valence-electron chi connectivity index (χ1n) is 12.7. The molecule has 1 aliphatic heterocycles. The molecule has 1 fully saturated rings. The number of aromatic amines is 1. The molecule has 0 bridgehead atoms. The van der Waals surface area contributed by atoms with E-state index in [0.717, 1.165) is 71.0 Å². The highest BCUT2D eigenvalue weighted by Crippen LogP contribution is 2.29. The minimum absolute atomic E-state index is 0.0160. The van der Waals surface area contributed by atoms with Crippen LogP contribution in [0.2, 0.25) is 0 Å². The average Bonchev–Trinajstić information content (AvgIpc) is 3.33. The number of amides is 1. The van der Waals surface area contributed by atoms with Crippen molar-refractivity contribution in [3.05, 3.63) is 86.1 Å². The number of rotatable bonds is 8. The summed E-state index contributed by atoms with van der Waals surface area (Å²) in [5.41, 5.74) is 3.54. The molecular formula is C28H31N5O3S. The van der Waals surface area contributed by atoms with Crippen LogP contribution in [0.3, 0.4) is 0 Å². The maximum Gasteiger partial charge on any atom is 0.322 e. The van der Waals surface area contributed by atoms with Gasteiger partial charge in [-0.2, -0.15) is 5.10 Å². The predicted molar refractivity (Wildman–Crippen MR) is 145 cm³/mol. The Kier molecular flexibility index (Phi) is 7.62. The summed E-state index contributed by atoms with van der Waals surface area (Å²) in [6.07, 6.45) is 1.90. The van der Waals surface area contributed by atoms with Crippen molar-refractivity contribution in [3.63, 3.8) is 0 Å². The van der Waals surface area contributed by atoms with Crippen LogP contribution < -0.4 is 14.9 Å². The van der Waals surface area contributed by atoms with E-state index in [4.69, 9.17) is 4.74 Å². The molecule has 0 saturated carbocycles. The molecule has 1 amide bonds. The van der Waals surface area contributed by atoms with Crippen molar-refractivity contribution in [2.75, 3.05) is 19.6 Å². The highest BCUT2D eigenvalue weighted by atomic mass is 32.1. The average molecular weight is 518 g/mol. The number of H-pyrrole nitrogens is 1. The van der Waals surface area contributed by atoms with Crippen LogP contribution in [-0.4, -0.2) is 51.7 Å². The van der Waals surface area contributed by atoms with Crippen LogP contribution in [0.15, 0.2) is 59.4 Å². The quantitative estimate of drug-likeness (QED) is 0.362. The topological polar surface area (TPSA) is 100 Å². The molecule has 0 spiro atoms. The monoisotopic (exact) mass is 517 g/mol. The zero-order valence-electron chi connectivity index (χ0n) is 21.1. The van der Waals surface area contributed by atoms with Crippen LogP contribution >= 0.6 is 11.3 Å². The predicted octanol–water partition coefficient (Wildman–Crippen LogP) is 4.26. The number of hydrogen-bond donors (Lipinski definition) is 2.